The van der Waals surface area contributed by atoms with Crippen LogP contribution in [0, 0.1) is 6.92 Å². The van der Waals surface area contributed by atoms with Gasteiger partial charge >= 0.3 is 0 Å². The smallest absolute Gasteiger partial charge is 0.0561 e. The van der Waals surface area contributed by atoms with E-state index in [0.717, 1.165) is 0 Å². The van der Waals surface area contributed by atoms with Gasteiger partial charge in [0.1, 0.15) is 0 Å². The molecular formula is C14H12Br2S. The third-order valence-electron chi connectivity index (χ3n) is 3.40. The number of fused-ring (bicyclic) bond motifs is 1. The Labute approximate surface area is 122 Å². The van der Waals surface area contributed by atoms with Gasteiger partial charge in [0.25, 0.3) is 0 Å². The van der Waals surface area contributed by atoms with Crippen LogP contribution in [0.15, 0.2) is 34.8 Å². The topological polar surface area (TPSA) is 0 Å². The van der Waals surface area contributed by atoms with Crippen LogP contribution in [-0.2, 0) is 6.42 Å². The van der Waals surface area contributed by atoms with Crippen LogP contribution in [0.3, 0.4) is 0 Å². The fraction of sp³-hybridized carbons (Fsp3) is 0.286. The predicted molar refractivity (Wildman–Crippen MR) is 81.3 cm³/mol. The predicted octanol–water partition coefficient (Wildman–Crippen LogP) is 5.59. The number of benzene rings is 1. The van der Waals surface area contributed by atoms with E-state index in [1.165, 1.54) is 31.8 Å². The molecule has 3 heteroatoms. The molecule has 0 nitrogen and oxygen atoms in total. The Bertz CT molecular complexity index is 540. The molecule has 0 fully saturated rings. The molecule has 88 valence electrons. The Morgan fingerprint density at radius 2 is 2.12 bits per heavy atom. The quantitative estimate of drug-likeness (QED) is 0.603. The van der Waals surface area contributed by atoms with Gasteiger partial charge in [-0.05, 0) is 46.5 Å². The summed E-state index contributed by atoms with van der Waals surface area (Å²) in [6, 6.07) is 11.0. The minimum atomic E-state index is 0.451. The van der Waals surface area contributed by atoms with Gasteiger partial charge in [0.2, 0.25) is 0 Å². The Hall–Kier alpha value is -0.120. The highest BCUT2D eigenvalue weighted by Crippen LogP contribution is 2.50. The van der Waals surface area contributed by atoms with Gasteiger partial charge in [-0.25, -0.2) is 0 Å². The van der Waals surface area contributed by atoms with Crippen LogP contribution in [0.1, 0.15) is 31.6 Å². The molecule has 1 aromatic carbocycles. The minimum absolute atomic E-state index is 0.451. The second kappa shape index (κ2) is 4.52. The summed E-state index contributed by atoms with van der Waals surface area (Å²) in [6.45, 7) is 2.16. The molecule has 0 amide bonds. The van der Waals surface area contributed by atoms with Crippen molar-refractivity contribution in [2.24, 2.45) is 0 Å². The summed E-state index contributed by atoms with van der Waals surface area (Å²) in [5.74, 6) is 0.635. The molecular weight excluding hydrogens is 360 g/mol. The monoisotopic (exact) mass is 370 g/mol. The lowest BCUT2D eigenvalue weighted by molar-refractivity contribution is 0.605. The van der Waals surface area contributed by atoms with Gasteiger partial charge in [0.15, 0.2) is 0 Å². The lowest BCUT2D eigenvalue weighted by atomic mass is 9.75. The van der Waals surface area contributed by atoms with E-state index in [2.05, 4.69) is 69.1 Å². The summed E-state index contributed by atoms with van der Waals surface area (Å²) in [6.07, 6.45) is 1.20. The number of thiophene rings is 1. The molecule has 1 aliphatic rings. The Kier molecular flexibility index (Phi) is 3.18. The molecule has 2 atom stereocenters. The van der Waals surface area contributed by atoms with E-state index in [-0.39, 0.29) is 0 Å². The molecule has 1 aromatic heterocycles. The van der Waals surface area contributed by atoms with Gasteiger partial charge in [-0.15, -0.1) is 11.3 Å². The minimum Gasteiger partial charge on any atom is -0.143 e. The molecule has 0 saturated heterocycles. The van der Waals surface area contributed by atoms with Crippen LogP contribution in [0.5, 0.6) is 0 Å². The number of rotatable bonds is 2. The third-order valence-corrected chi connectivity index (χ3v) is 7.05. The largest absolute Gasteiger partial charge is 0.143 e. The third kappa shape index (κ3) is 2.02. The SMILES string of the molecule is Cc1sc(C(Br)C2Cc3ccccc32)cc1Br. The Morgan fingerprint density at radius 1 is 1.35 bits per heavy atom. The maximum Gasteiger partial charge on any atom is 0.0561 e. The van der Waals surface area contributed by atoms with E-state index in [1.54, 1.807) is 0 Å². The van der Waals surface area contributed by atoms with Crippen LogP contribution >= 0.6 is 43.2 Å². The zero-order valence-corrected chi connectivity index (χ0v) is 13.4. The summed E-state index contributed by atoms with van der Waals surface area (Å²) < 4.78 is 1.23. The first-order chi connectivity index (χ1) is 8.16. The number of halogens is 2. The van der Waals surface area contributed by atoms with Crippen LogP contribution < -0.4 is 0 Å². The van der Waals surface area contributed by atoms with Crippen LogP contribution in [-0.4, -0.2) is 0 Å². The number of hydrogen-bond donors (Lipinski definition) is 0. The average molecular weight is 372 g/mol. The van der Waals surface area contributed by atoms with Crippen molar-refractivity contribution in [2.45, 2.75) is 24.1 Å². The van der Waals surface area contributed by atoms with E-state index in [1.807, 2.05) is 11.3 Å². The Balaban J connectivity index is 1.88. The van der Waals surface area contributed by atoms with Gasteiger partial charge in [0.05, 0.1) is 4.83 Å². The molecule has 1 heterocycles. The molecule has 3 rings (SSSR count). The first kappa shape index (κ1) is 11.9. The van der Waals surface area contributed by atoms with Crippen molar-refractivity contribution in [3.05, 3.63) is 55.7 Å². The zero-order valence-electron chi connectivity index (χ0n) is 9.41. The van der Waals surface area contributed by atoms with Crippen molar-refractivity contribution in [1.82, 2.24) is 0 Å². The van der Waals surface area contributed by atoms with Crippen molar-refractivity contribution < 1.29 is 0 Å². The van der Waals surface area contributed by atoms with Gasteiger partial charge in [-0.1, -0.05) is 40.2 Å². The number of aryl methyl sites for hydroxylation is 1. The standard InChI is InChI=1S/C14H12Br2S/c1-8-12(15)7-13(17-8)14(16)11-6-9-4-2-3-5-10(9)11/h2-5,7,11,14H,6H2,1H3. The zero-order chi connectivity index (χ0) is 12.0. The molecule has 2 unspecified atom stereocenters. The highest BCUT2D eigenvalue weighted by Gasteiger charge is 2.33. The number of alkyl halides is 1. The fourth-order valence-corrected chi connectivity index (χ4v) is 4.86. The lowest BCUT2D eigenvalue weighted by Gasteiger charge is -2.33. The number of hydrogen-bond acceptors (Lipinski definition) is 1. The van der Waals surface area contributed by atoms with Gasteiger partial charge < -0.3 is 0 Å². The summed E-state index contributed by atoms with van der Waals surface area (Å²) in [5.41, 5.74) is 3.02. The highest BCUT2D eigenvalue weighted by molar-refractivity contribution is 9.10. The first-order valence-electron chi connectivity index (χ1n) is 5.64. The fourth-order valence-electron chi connectivity index (χ4n) is 2.37. The Morgan fingerprint density at radius 3 is 2.76 bits per heavy atom. The summed E-state index contributed by atoms with van der Waals surface area (Å²) in [7, 11) is 0. The molecule has 0 radical (unpaired) electrons. The normalized spacial score (nSPS) is 19.6. The van der Waals surface area contributed by atoms with Gasteiger partial charge in [-0.3, -0.25) is 0 Å². The first-order valence-corrected chi connectivity index (χ1v) is 8.17. The summed E-state index contributed by atoms with van der Waals surface area (Å²) in [4.78, 5) is 3.23. The van der Waals surface area contributed by atoms with E-state index in [9.17, 15) is 0 Å². The average Bonchev–Trinajstić information content (AvgIpc) is 2.61. The van der Waals surface area contributed by atoms with Gasteiger partial charge in [-0.2, -0.15) is 0 Å². The van der Waals surface area contributed by atoms with Crippen LogP contribution in [0.2, 0.25) is 0 Å². The molecule has 1 aliphatic carbocycles. The van der Waals surface area contributed by atoms with Crippen molar-refractivity contribution >= 4 is 43.2 Å². The van der Waals surface area contributed by atoms with E-state index in [4.69, 9.17) is 0 Å². The lowest BCUT2D eigenvalue weighted by Crippen LogP contribution is -2.20. The van der Waals surface area contributed by atoms with E-state index >= 15 is 0 Å². The van der Waals surface area contributed by atoms with E-state index in [0.29, 0.717) is 10.7 Å². The molecule has 2 aromatic rings. The van der Waals surface area contributed by atoms with Crippen LogP contribution in [0.25, 0.3) is 0 Å². The van der Waals surface area contributed by atoms with Crippen LogP contribution in [0.4, 0.5) is 0 Å². The molecule has 0 spiro atoms. The van der Waals surface area contributed by atoms with E-state index < -0.39 is 0 Å². The van der Waals surface area contributed by atoms with Crippen molar-refractivity contribution in [2.75, 3.05) is 0 Å². The summed E-state index contributed by atoms with van der Waals surface area (Å²) >= 11 is 9.35. The maximum absolute atomic E-state index is 3.87. The second-order valence-corrected chi connectivity index (χ2v) is 7.59. The molecule has 0 bridgehead atoms. The summed E-state index contributed by atoms with van der Waals surface area (Å²) in [5, 5.41) is 0. The maximum atomic E-state index is 3.87. The van der Waals surface area contributed by atoms with Crippen molar-refractivity contribution in [3.8, 4) is 0 Å². The van der Waals surface area contributed by atoms with Crippen molar-refractivity contribution in [1.29, 1.82) is 0 Å². The molecule has 0 saturated carbocycles. The second-order valence-electron chi connectivity index (χ2n) is 4.46. The van der Waals surface area contributed by atoms with Gasteiger partial charge in [0, 0.05) is 20.1 Å². The molecule has 0 aliphatic heterocycles. The molecule has 17 heavy (non-hydrogen) atoms. The molecule has 0 N–H and O–H groups in total. The van der Waals surface area contributed by atoms with Crippen molar-refractivity contribution in [3.63, 3.8) is 0 Å². The highest BCUT2D eigenvalue weighted by atomic mass is 79.9.